The summed E-state index contributed by atoms with van der Waals surface area (Å²) in [6, 6.07) is 0. The van der Waals surface area contributed by atoms with E-state index >= 15 is 0 Å². The van der Waals surface area contributed by atoms with E-state index in [4.69, 9.17) is 4.74 Å². The lowest BCUT2D eigenvalue weighted by molar-refractivity contribution is 0.118. The highest BCUT2D eigenvalue weighted by Gasteiger charge is 2.10. The van der Waals surface area contributed by atoms with Crippen LogP contribution in [0.2, 0.25) is 0 Å². The highest BCUT2D eigenvalue weighted by molar-refractivity contribution is 7.11. The van der Waals surface area contributed by atoms with Crippen molar-refractivity contribution in [2.24, 2.45) is 0 Å². The number of methoxy groups -OCH3 is 1. The molecule has 0 amide bonds. The fourth-order valence-electron chi connectivity index (χ4n) is 1.05. The van der Waals surface area contributed by atoms with Crippen molar-refractivity contribution in [2.75, 3.05) is 20.7 Å². The number of ether oxygens (including phenoxy) is 1. The first-order chi connectivity index (χ1) is 6.77. The zero-order valence-electron chi connectivity index (χ0n) is 8.91. The van der Waals surface area contributed by atoms with Gasteiger partial charge in [0.25, 0.3) is 0 Å². The van der Waals surface area contributed by atoms with Crippen LogP contribution in [0.4, 0.5) is 0 Å². The van der Waals surface area contributed by atoms with Crippen molar-refractivity contribution in [3.05, 3.63) is 10.0 Å². The van der Waals surface area contributed by atoms with E-state index in [0.29, 0.717) is 0 Å². The van der Waals surface area contributed by atoms with Crippen LogP contribution in [0.1, 0.15) is 29.5 Å². The van der Waals surface area contributed by atoms with Gasteiger partial charge in [0, 0.05) is 13.5 Å². The van der Waals surface area contributed by atoms with Gasteiger partial charge in [-0.15, -0.1) is 10.2 Å². The minimum absolute atomic E-state index is 0.0607. The molecule has 1 aromatic rings. The summed E-state index contributed by atoms with van der Waals surface area (Å²) in [5.41, 5.74) is 0. The quantitative estimate of drug-likeness (QED) is 0.729. The first-order valence-electron chi connectivity index (χ1n) is 4.77. The second kappa shape index (κ2) is 6.06. The van der Waals surface area contributed by atoms with Crippen LogP contribution in [0.15, 0.2) is 0 Å². The smallest absolute Gasteiger partial charge is 0.146 e. The lowest BCUT2D eigenvalue weighted by Gasteiger charge is -2.02. The van der Waals surface area contributed by atoms with Crippen molar-refractivity contribution in [3.8, 4) is 0 Å². The van der Waals surface area contributed by atoms with Crippen LogP contribution in [-0.4, -0.2) is 30.9 Å². The van der Waals surface area contributed by atoms with E-state index in [2.05, 4.69) is 15.5 Å². The van der Waals surface area contributed by atoms with Crippen molar-refractivity contribution >= 4 is 11.3 Å². The molecule has 0 aliphatic carbocycles. The first kappa shape index (κ1) is 11.6. The van der Waals surface area contributed by atoms with Crippen molar-refractivity contribution in [3.63, 3.8) is 0 Å². The highest BCUT2D eigenvalue weighted by atomic mass is 32.1. The maximum atomic E-state index is 5.17. The van der Waals surface area contributed by atoms with Crippen LogP contribution in [0.5, 0.6) is 0 Å². The van der Waals surface area contributed by atoms with Gasteiger partial charge in [0.2, 0.25) is 0 Å². The summed E-state index contributed by atoms with van der Waals surface area (Å²) >= 11 is 1.64. The Balaban J connectivity index is 2.42. The Hall–Kier alpha value is -0.520. The zero-order chi connectivity index (χ0) is 10.4. The van der Waals surface area contributed by atoms with Crippen molar-refractivity contribution in [2.45, 2.75) is 25.9 Å². The second-order valence-corrected chi connectivity index (χ2v) is 4.21. The van der Waals surface area contributed by atoms with Gasteiger partial charge < -0.3 is 10.1 Å². The molecular formula is C9H17N3OS. The molecular weight excluding hydrogens is 198 g/mol. The fraction of sp³-hybridized carbons (Fsp3) is 0.778. The van der Waals surface area contributed by atoms with Gasteiger partial charge in [0.1, 0.15) is 16.1 Å². The number of hydrogen-bond acceptors (Lipinski definition) is 5. The zero-order valence-corrected chi connectivity index (χ0v) is 9.73. The van der Waals surface area contributed by atoms with Gasteiger partial charge >= 0.3 is 0 Å². The van der Waals surface area contributed by atoms with Crippen LogP contribution in [0, 0.1) is 0 Å². The summed E-state index contributed by atoms with van der Waals surface area (Å²) in [6.45, 7) is 3.01. The van der Waals surface area contributed by atoms with Gasteiger partial charge in [-0.05, 0) is 26.9 Å². The van der Waals surface area contributed by atoms with E-state index in [1.165, 1.54) is 0 Å². The normalized spacial score (nSPS) is 13.1. The molecule has 80 valence electrons. The molecule has 0 bridgehead atoms. The molecule has 0 fully saturated rings. The SMILES string of the molecule is CNCCCc1nnc(C(C)OC)s1. The molecule has 1 atom stereocenters. The van der Waals surface area contributed by atoms with Crippen LogP contribution in [-0.2, 0) is 11.2 Å². The van der Waals surface area contributed by atoms with Gasteiger partial charge in [0.15, 0.2) is 0 Å². The standard InChI is InChI=1S/C9H17N3OS/c1-7(13-3)9-12-11-8(14-9)5-4-6-10-2/h7,10H,4-6H2,1-3H3. The van der Waals surface area contributed by atoms with E-state index in [9.17, 15) is 0 Å². The summed E-state index contributed by atoms with van der Waals surface area (Å²) in [7, 11) is 3.64. The molecule has 0 aromatic carbocycles. The number of rotatable bonds is 6. The maximum Gasteiger partial charge on any atom is 0.146 e. The van der Waals surface area contributed by atoms with Crippen molar-refractivity contribution in [1.29, 1.82) is 0 Å². The van der Waals surface area contributed by atoms with Crippen LogP contribution < -0.4 is 5.32 Å². The van der Waals surface area contributed by atoms with Gasteiger partial charge in [-0.25, -0.2) is 0 Å². The number of nitrogens with zero attached hydrogens (tertiary/aromatic N) is 2. The second-order valence-electron chi connectivity index (χ2n) is 3.12. The molecule has 14 heavy (non-hydrogen) atoms. The van der Waals surface area contributed by atoms with E-state index in [-0.39, 0.29) is 6.10 Å². The summed E-state index contributed by atoms with van der Waals surface area (Å²) in [5.74, 6) is 0. The Morgan fingerprint density at radius 2 is 2.29 bits per heavy atom. The third-order valence-electron chi connectivity index (χ3n) is 2.00. The average molecular weight is 215 g/mol. The minimum atomic E-state index is 0.0607. The maximum absolute atomic E-state index is 5.17. The number of aryl methyl sites for hydroxylation is 1. The van der Waals surface area contributed by atoms with Gasteiger partial charge in [-0.2, -0.15) is 0 Å². The van der Waals surface area contributed by atoms with E-state index in [1.807, 2.05) is 14.0 Å². The molecule has 1 unspecified atom stereocenters. The highest BCUT2D eigenvalue weighted by Crippen LogP contribution is 2.20. The summed E-state index contributed by atoms with van der Waals surface area (Å²) in [4.78, 5) is 0. The fourth-order valence-corrected chi connectivity index (χ4v) is 1.96. The summed E-state index contributed by atoms with van der Waals surface area (Å²) in [6.07, 6.45) is 2.16. The van der Waals surface area contributed by atoms with Crippen molar-refractivity contribution in [1.82, 2.24) is 15.5 Å². The van der Waals surface area contributed by atoms with E-state index < -0.39 is 0 Å². The van der Waals surface area contributed by atoms with Gasteiger partial charge in [-0.1, -0.05) is 11.3 Å². The molecule has 1 rings (SSSR count). The van der Waals surface area contributed by atoms with Gasteiger partial charge in [-0.3, -0.25) is 0 Å². The molecule has 0 radical (unpaired) electrons. The number of aromatic nitrogens is 2. The summed E-state index contributed by atoms with van der Waals surface area (Å²) < 4.78 is 5.17. The van der Waals surface area contributed by atoms with Crippen LogP contribution in [0.25, 0.3) is 0 Å². The predicted octanol–water partition coefficient (Wildman–Crippen LogP) is 1.40. The Bertz CT molecular complexity index is 264. The molecule has 1 heterocycles. The molecule has 4 nitrogen and oxygen atoms in total. The molecule has 1 N–H and O–H groups in total. The van der Waals surface area contributed by atoms with Crippen molar-refractivity contribution < 1.29 is 4.74 Å². The predicted molar refractivity (Wildman–Crippen MR) is 57.6 cm³/mol. The number of hydrogen-bond donors (Lipinski definition) is 1. The third-order valence-corrected chi connectivity index (χ3v) is 3.15. The summed E-state index contributed by atoms with van der Waals surface area (Å²) in [5, 5.41) is 13.4. The van der Waals surface area contributed by atoms with Crippen LogP contribution in [0.3, 0.4) is 0 Å². The first-order valence-corrected chi connectivity index (χ1v) is 5.59. The Labute approximate surface area is 88.7 Å². The van der Waals surface area contributed by atoms with E-state index in [1.54, 1.807) is 18.4 Å². The third kappa shape index (κ3) is 3.32. The Kier molecular flexibility index (Phi) is 5.00. The van der Waals surface area contributed by atoms with Gasteiger partial charge in [0.05, 0.1) is 0 Å². The molecule has 0 saturated carbocycles. The lowest BCUT2D eigenvalue weighted by Crippen LogP contribution is -2.08. The largest absolute Gasteiger partial charge is 0.374 e. The molecule has 0 saturated heterocycles. The molecule has 0 aliphatic heterocycles. The molecule has 5 heteroatoms. The average Bonchev–Trinajstić information content (AvgIpc) is 2.66. The lowest BCUT2D eigenvalue weighted by atomic mass is 10.3. The van der Waals surface area contributed by atoms with E-state index in [0.717, 1.165) is 29.4 Å². The van der Waals surface area contributed by atoms with Crippen LogP contribution >= 0.6 is 11.3 Å². The molecule has 0 aliphatic rings. The molecule has 0 spiro atoms. The molecule has 1 aromatic heterocycles. The Morgan fingerprint density at radius 3 is 2.93 bits per heavy atom. The monoisotopic (exact) mass is 215 g/mol. The number of nitrogens with one attached hydrogen (secondary N) is 1. The topological polar surface area (TPSA) is 47.0 Å². The Morgan fingerprint density at radius 1 is 1.50 bits per heavy atom. The minimum Gasteiger partial charge on any atom is -0.374 e.